The van der Waals surface area contributed by atoms with Gasteiger partial charge < -0.3 is 15.7 Å². The molecule has 3 heteroatoms. The lowest BCUT2D eigenvalue weighted by atomic mass is 10.1. The third-order valence-corrected chi connectivity index (χ3v) is 3.37. The van der Waals surface area contributed by atoms with E-state index in [1.54, 1.807) is 0 Å². The van der Waals surface area contributed by atoms with Gasteiger partial charge in [0.15, 0.2) is 0 Å². The summed E-state index contributed by atoms with van der Waals surface area (Å²) in [5.41, 5.74) is 7.05. The highest BCUT2D eigenvalue weighted by atomic mass is 16.3. The van der Waals surface area contributed by atoms with Crippen molar-refractivity contribution in [2.75, 3.05) is 20.2 Å². The molecule has 1 aromatic carbocycles. The average molecular weight is 235 g/mol. The van der Waals surface area contributed by atoms with Crippen LogP contribution in [0.5, 0.6) is 0 Å². The number of benzene rings is 1. The summed E-state index contributed by atoms with van der Waals surface area (Å²) in [6.45, 7) is 1.68. The summed E-state index contributed by atoms with van der Waals surface area (Å²) >= 11 is 0. The fourth-order valence-corrected chi connectivity index (χ4v) is 2.41. The molecular formula is C14H22N2O. The summed E-state index contributed by atoms with van der Waals surface area (Å²) in [5.74, 6) is 0.140. The molecular weight excluding hydrogens is 212 g/mol. The van der Waals surface area contributed by atoms with Crippen molar-refractivity contribution in [1.82, 2.24) is 4.90 Å². The second-order valence-corrected chi connectivity index (χ2v) is 5.06. The number of hydrogen-bond donors (Lipinski definition) is 2. The summed E-state index contributed by atoms with van der Waals surface area (Å²) in [5, 5.41) is 8.94. The van der Waals surface area contributed by atoms with Crippen LogP contribution in [0.1, 0.15) is 19.8 Å². The Kier molecular flexibility index (Phi) is 3.41. The molecule has 0 spiro atoms. The van der Waals surface area contributed by atoms with Crippen molar-refractivity contribution in [2.24, 2.45) is 11.7 Å². The first-order valence-corrected chi connectivity index (χ1v) is 6.12. The van der Waals surface area contributed by atoms with Gasteiger partial charge in [-0.2, -0.15) is 0 Å². The van der Waals surface area contributed by atoms with Gasteiger partial charge in [-0.25, -0.2) is 0 Å². The van der Waals surface area contributed by atoms with Crippen molar-refractivity contribution >= 4 is 0 Å². The Morgan fingerprint density at radius 3 is 2.88 bits per heavy atom. The van der Waals surface area contributed by atoms with E-state index in [-0.39, 0.29) is 18.9 Å². The summed E-state index contributed by atoms with van der Waals surface area (Å²) in [7, 11) is 2.03. The van der Waals surface area contributed by atoms with Crippen LogP contribution < -0.4 is 5.73 Å². The van der Waals surface area contributed by atoms with Crippen molar-refractivity contribution in [2.45, 2.75) is 24.9 Å². The van der Waals surface area contributed by atoms with E-state index < -0.39 is 5.54 Å². The molecule has 3 atom stereocenters. The predicted molar refractivity (Wildman–Crippen MR) is 69.5 cm³/mol. The molecule has 0 aliphatic heterocycles. The largest absolute Gasteiger partial charge is 0.396 e. The van der Waals surface area contributed by atoms with Crippen LogP contribution in [0, 0.1) is 5.92 Å². The SMILES string of the molecule is [2H][C@H]1[C@H](CCO)[C@@]1(N)CN(C)Cc1ccccc1. The van der Waals surface area contributed by atoms with Gasteiger partial charge in [0.25, 0.3) is 0 Å². The van der Waals surface area contributed by atoms with Crippen molar-refractivity contribution in [3.05, 3.63) is 35.9 Å². The Morgan fingerprint density at radius 2 is 2.24 bits per heavy atom. The smallest absolute Gasteiger partial charge is 0.0434 e. The number of aliphatic hydroxyl groups is 1. The van der Waals surface area contributed by atoms with Gasteiger partial charge in [0.1, 0.15) is 0 Å². The van der Waals surface area contributed by atoms with E-state index in [1.165, 1.54) is 5.56 Å². The predicted octanol–water partition coefficient (Wildman–Crippen LogP) is 1.22. The molecule has 0 unspecified atom stereocenters. The lowest BCUT2D eigenvalue weighted by molar-refractivity contribution is 0.255. The molecule has 0 amide bonds. The maximum atomic E-state index is 8.94. The molecule has 1 saturated carbocycles. The molecule has 1 aliphatic carbocycles. The number of nitrogens with zero attached hydrogens (tertiary/aromatic N) is 1. The maximum Gasteiger partial charge on any atom is 0.0434 e. The molecule has 3 N–H and O–H groups in total. The molecule has 17 heavy (non-hydrogen) atoms. The zero-order valence-corrected chi connectivity index (χ0v) is 10.3. The number of hydrogen-bond acceptors (Lipinski definition) is 3. The molecule has 3 nitrogen and oxygen atoms in total. The summed E-state index contributed by atoms with van der Waals surface area (Å²) in [4.78, 5) is 2.16. The number of likely N-dealkylation sites (N-methyl/N-ethyl adjacent to an activating group) is 1. The summed E-state index contributed by atoms with van der Waals surface area (Å²) in [6, 6.07) is 10.2. The third kappa shape index (κ3) is 3.28. The van der Waals surface area contributed by atoms with Crippen molar-refractivity contribution in [3.63, 3.8) is 0 Å². The third-order valence-electron chi connectivity index (χ3n) is 3.37. The second kappa shape index (κ2) is 5.17. The number of rotatable bonds is 6. The minimum atomic E-state index is -0.438. The zero-order chi connectivity index (χ0) is 13.2. The number of nitrogens with two attached hydrogens (primary N) is 1. The van der Waals surface area contributed by atoms with Gasteiger partial charge in [0.2, 0.25) is 0 Å². The summed E-state index contributed by atoms with van der Waals surface area (Å²) in [6.07, 6.45) is 0.409. The Labute approximate surface area is 105 Å². The fraction of sp³-hybridized carbons (Fsp3) is 0.571. The highest BCUT2D eigenvalue weighted by Gasteiger charge is 2.50. The first-order chi connectivity index (χ1) is 8.58. The Hall–Kier alpha value is -0.900. The molecule has 1 aromatic rings. The quantitative estimate of drug-likeness (QED) is 0.779. The minimum Gasteiger partial charge on any atom is -0.396 e. The number of aliphatic hydroxyl groups excluding tert-OH is 1. The first-order valence-electron chi connectivity index (χ1n) is 6.70. The lowest BCUT2D eigenvalue weighted by Crippen LogP contribution is -2.39. The van der Waals surface area contributed by atoms with E-state index in [1.807, 2.05) is 25.2 Å². The van der Waals surface area contributed by atoms with Crippen LogP contribution in [0.4, 0.5) is 0 Å². The molecule has 0 aromatic heterocycles. The zero-order valence-electron chi connectivity index (χ0n) is 11.3. The molecule has 2 rings (SSSR count). The van der Waals surface area contributed by atoms with Gasteiger partial charge >= 0.3 is 0 Å². The van der Waals surface area contributed by atoms with Crippen molar-refractivity contribution < 1.29 is 6.48 Å². The Bertz CT molecular complexity index is 387. The van der Waals surface area contributed by atoms with Crippen LogP contribution in [-0.2, 0) is 6.54 Å². The molecule has 1 fully saturated rings. The molecule has 1 aliphatic rings. The van der Waals surface area contributed by atoms with E-state index >= 15 is 0 Å². The van der Waals surface area contributed by atoms with Crippen molar-refractivity contribution in [3.8, 4) is 0 Å². The van der Waals surface area contributed by atoms with E-state index in [0.717, 1.165) is 6.54 Å². The van der Waals surface area contributed by atoms with Gasteiger partial charge in [-0.1, -0.05) is 30.3 Å². The molecule has 0 heterocycles. The molecule has 0 radical (unpaired) electrons. The van der Waals surface area contributed by atoms with Crippen LogP contribution in [0.15, 0.2) is 30.3 Å². The van der Waals surface area contributed by atoms with Crippen molar-refractivity contribution in [1.29, 1.82) is 0 Å². The Balaban J connectivity index is 1.87. The Morgan fingerprint density at radius 1 is 1.53 bits per heavy atom. The fourth-order valence-electron chi connectivity index (χ4n) is 2.41. The minimum absolute atomic E-state index is 0.126. The van der Waals surface area contributed by atoms with Gasteiger partial charge in [-0.15, -0.1) is 0 Å². The van der Waals surface area contributed by atoms with Gasteiger partial charge in [-0.3, -0.25) is 0 Å². The van der Waals surface area contributed by atoms with Gasteiger partial charge in [0.05, 0.1) is 0 Å². The van der Waals surface area contributed by atoms with E-state index in [4.69, 9.17) is 12.2 Å². The average Bonchev–Trinajstić information content (AvgIpc) is 2.83. The maximum absolute atomic E-state index is 8.94. The monoisotopic (exact) mass is 235 g/mol. The normalized spacial score (nSPS) is 32.6. The molecule has 94 valence electrons. The van der Waals surface area contributed by atoms with Crippen LogP contribution in [0.3, 0.4) is 0 Å². The van der Waals surface area contributed by atoms with Crippen LogP contribution in [0.2, 0.25) is 0 Å². The van der Waals surface area contributed by atoms with Crippen LogP contribution in [0.25, 0.3) is 0 Å². The highest BCUT2D eigenvalue weighted by Crippen LogP contribution is 2.43. The van der Waals surface area contributed by atoms with Crippen LogP contribution >= 0.6 is 0 Å². The van der Waals surface area contributed by atoms with Crippen LogP contribution in [-0.4, -0.2) is 35.7 Å². The van der Waals surface area contributed by atoms with Gasteiger partial charge in [-0.05, 0) is 31.3 Å². The summed E-state index contributed by atoms with van der Waals surface area (Å²) < 4.78 is 7.92. The van der Waals surface area contributed by atoms with Gasteiger partial charge in [0, 0.05) is 26.6 Å². The first kappa shape index (κ1) is 11.2. The topological polar surface area (TPSA) is 49.5 Å². The second-order valence-electron chi connectivity index (χ2n) is 5.06. The standard InChI is InChI=1S/C14H22N2O/c1-16(10-12-5-3-2-4-6-12)11-14(15)9-13(14)7-8-17/h2-6,13,17H,7-11,15H2,1H3/t13-,14-/m0/s1/i9D/t9-,13-,14-. The van der Waals surface area contributed by atoms with E-state index in [0.29, 0.717) is 13.0 Å². The lowest BCUT2D eigenvalue weighted by Gasteiger charge is -2.22. The van der Waals surface area contributed by atoms with E-state index in [2.05, 4.69) is 17.0 Å². The van der Waals surface area contributed by atoms with E-state index in [9.17, 15) is 0 Å². The molecule has 0 saturated heterocycles. The highest BCUT2D eigenvalue weighted by molar-refractivity contribution is 5.15. The molecule has 0 bridgehead atoms.